The Morgan fingerprint density at radius 3 is 1.92 bits per heavy atom. The van der Waals surface area contributed by atoms with Gasteiger partial charge in [0.1, 0.15) is 0 Å². The van der Waals surface area contributed by atoms with Crippen molar-refractivity contribution in [2.75, 3.05) is 0 Å². The van der Waals surface area contributed by atoms with Gasteiger partial charge in [0.2, 0.25) is 0 Å². The molecule has 1 atom stereocenters. The Morgan fingerprint density at radius 2 is 1.58 bits per heavy atom. The molecular formula is C12H24. The standard InChI is InChI=1S/C12H24/c1-9(2)7-8-11(5)12(6)10(3)4/h9-10,12H,5,7-8H2,1-4,6H3/t12-/m0/s1. The SMILES string of the molecule is C=C(CCC(C)C)[C@@H](C)C(C)C. The van der Waals surface area contributed by atoms with E-state index >= 15 is 0 Å². The fraction of sp³-hybridized carbons (Fsp3) is 0.833. The first-order chi connectivity index (χ1) is 5.45. The summed E-state index contributed by atoms with van der Waals surface area (Å²) in [6.07, 6.45) is 2.49. The van der Waals surface area contributed by atoms with Crippen LogP contribution in [0.25, 0.3) is 0 Å². The van der Waals surface area contributed by atoms with Crippen molar-refractivity contribution < 1.29 is 0 Å². The number of hydrogen-bond acceptors (Lipinski definition) is 0. The molecule has 0 fully saturated rings. The summed E-state index contributed by atoms with van der Waals surface area (Å²) in [6.45, 7) is 15.5. The highest BCUT2D eigenvalue weighted by atomic mass is 14.2. The zero-order valence-electron chi connectivity index (χ0n) is 9.35. The molecule has 0 amide bonds. The van der Waals surface area contributed by atoms with Crippen molar-refractivity contribution in [1.82, 2.24) is 0 Å². The molecule has 0 aliphatic heterocycles. The Bertz CT molecular complexity index is 131. The van der Waals surface area contributed by atoms with Crippen LogP contribution in [0.15, 0.2) is 12.2 Å². The van der Waals surface area contributed by atoms with Gasteiger partial charge in [-0.3, -0.25) is 0 Å². The van der Waals surface area contributed by atoms with E-state index in [9.17, 15) is 0 Å². The lowest BCUT2D eigenvalue weighted by Gasteiger charge is -2.19. The second kappa shape index (κ2) is 5.40. The molecule has 0 spiro atoms. The maximum Gasteiger partial charge on any atom is -0.0211 e. The number of allylic oxidation sites excluding steroid dienone is 1. The average molecular weight is 168 g/mol. The second-order valence-corrected chi connectivity index (χ2v) is 4.62. The summed E-state index contributed by atoms with van der Waals surface area (Å²) < 4.78 is 0. The van der Waals surface area contributed by atoms with Gasteiger partial charge in [-0.15, -0.1) is 0 Å². The van der Waals surface area contributed by atoms with E-state index < -0.39 is 0 Å². The first kappa shape index (κ1) is 11.7. The van der Waals surface area contributed by atoms with E-state index in [1.807, 2.05) is 0 Å². The highest BCUT2D eigenvalue weighted by Gasteiger charge is 2.10. The normalized spacial score (nSPS) is 13.9. The van der Waals surface area contributed by atoms with E-state index in [0.29, 0.717) is 5.92 Å². The van der Waals surface area contributed by atoms with Gasteiger partial charge < -0.3 is 0 Å². The van der Waals surface area contributed by atoms with Gasteiger partial charge in [-0.2, -0.15) is 0 Å². The predicted molar refractivity (Wildman–Crippen MR) is 57.2 cm³/mol. The lowest BCUT2D eigenvalue weighted by molar-refractivity contribution is 0.452. The summed E-state index contributed by atoms with van der Waals surface area (Å²) in [6, 6.07) is 0. The van der Waals surface area contributed by atoms with Crippen LogP contribution in [0.5, 0.6) is 0 Å². The van der Waals surface area contributed by atoms with Gasteiger partial charge in [0, 0.05) is 0 Å². The van der Waals surface area contributed by atoms with Crippen LogP contribution in [-0.4, -0.2) is 0 Å². The molecule has 0 N–H and O–H groups in total. The molecule has 0 heteroatoms. The van der Waals surface area contributed by atoms with E-state index in [2.05, 4.69) is 41.2 Å². The Balaban J connectivity index is 3.72. The van der Waals surface area contributed by atoms with Crippen molar-refractivity contribution in [3.63, 3.8) is 0 Å². The van der Waals surface area contributed by atoms with Crippen LogP contribution in [0.3, 0.4) is 0 Å². The van der Waals surface area contributed by atoms with Gasteiger partial charge in [0.15, 0.2) is 0 Å². The van der Waals surface area contributed by atoms with Gasteiger partial charge >= 0.3 is 0 Å². The van der Waals surface area contributed by atoms with Crippen LogP contribution >= 0.6 is 0 Å². The second-order valence-electron chi connectivity index (χ2n) is 4.62. The highest BCUT2D eigenvalue weighted by molar-refractivity contribution is 5.00. The smallest absolute Gasteiger partial charge is 0.0211 e. The average Bonchev–Trinajstić information content (AvgIpc) is 1.98. The molecule has 72 valence electrons. The molecule has 0 radical (unpaired) electrons. The van der Waals surface area contributed by atoms with Gasteiger partial charge in [0.25, 0.3) is 0 Å². The summed E-state index contributed by atoms with van der Waals surface area (Å²) in [5.41, 5.74) is 1.43. The van der Waals surface area contributed by atoms with Gasteiger partial charge in [-0.1, -0.05) is 46.8 Å². The van der Waals surface area contributed by atoms with E-state index in [1.54, 1.807) is 0 Å². The molecule has 0 aliphatic carbocycles. The van der Waals surface area contributed by atoms with Crippen LogP contribution < -0.4 is 0 Å². The van der Waals surface area contributed by atoms with E-state index in [1.165, 1.54) is 18.4 Å². The molecule has 0 unspecified atom stereocenters. The summed E-state index contributed by atoms with van der Waals surface area (Å²) in [5, 5.41) is 0. The van der Waals surface area contributed by atoms with Crippen LogP contribution in [0.2, 0.25) is 0 Å². The summed E-state index contributed by atoms with van der Waals surface area (Å²) in [7, 11) is 0. The monoisotopic (exact) mass is 168 g/mol. The molecular weight excluding hydrogens is 144 g/mol. The van der Waals surface area contributed by atoms with Crippen molar-refractivity contribution in [3.8, 4) is 0 Å². The third-order valence-corrected chi connectivity index (χ3v) is 2.69. The maximum absolute atomic E-state index is 4.15. The van der Waals surface area contributed by atoms with Crippen LogP contribution in [-0.2, 0) is 0 Å². The Kier molecular flexibility index (Phi) is 5.28. The molecule has 0 bridgehead atoms. The fourth-order valence-electron chi connectivity index (χ4n) is 1.17. The summed E-state index contributed by atoms with van der Waals surface area (Å²) in [4.78, 5) is 0. The van der Waals surface area contributed by atoms with Crippen molar-refractivity contribution in [3.05, 3.63) is 12.2 Å². The van der Waals surface area contributed by atoms with Gasteiger partial charge in [-0.05, 0) is 30.6 Å². The van der Waals surface area contributed by atoms with Crippen molar-refractivity contribution in [2.45, 2.75) is 47.5 Å². The third kappa shape index (κ3) is 4.58. The lowest BCUT2D eigenvalue weighted by Crippen LogP contribution is -2.07. The fourth-order valence-corrected chi connectivity index (χ4v) is 1.17. The predicted octanol–water partition coefficient (Wildman–Crippen LogP) is 4.27. The summed E-state index contributed by atoms with van der Waals surface area (Å²) >= 11 is 0. The number of rotatable bonds is 5. The molecule has 12 heavy (non-hydrogen) atoms. The van der Waals surface area contributed by atoms with E-state index in [-0.39, 0.29) is 0 Å². The molecule has 0 aromatic carbocycles. The lowest BCUT2D eigenvalue weighted by atomic mass is 9.87. The minimum atomic E-state index is 0.684. The molecule has 0 saturated carbocycles. The molecule has 0 aromatic rings. The Morgan fingerprint density at radius 1 is 1.08 bits per heavy atom. The first-order valence-electron chi connectivity index (χ1n) is 5.12. The van der Waals surface area contributed by atoms with Crippen molar-refractivity contribution in [2.24, 2.45) is 17.8 Å². The minimum Gasteiger partial charge on any atom is -0.0996 e. The Hall–Kier alpha value is -0.260. The zero-order chi connectivity index (χ0) is 9.72. The third-order valence-electron chi connectivity index (χ3n) is 2.69. The zero-order valence-corrected chi connectivity index (χ0v) is 9.35. The largest absolute Gasteiger partial charge is 0.0996 e. The summed E-state index contributed by atoms with van der Waals surface area (Å²) in [5.74, 6) is 2.23. The van der Waals surface area contributed by atoms with Crippen LogP contribution in [0.4, 0.5) is 0 Å². The molecule has 0 rings (SSSR count). The number of hydrogen-bond donors (Lipinski definition) is 0. The Labute approximate surface area is 78.1 Å². The topological polar surface area (TPSA) is 0 Å². The minimum absolute atomic E-state index is 0.684. The quantitative estimate of drug-likeness (QED) is 0.538. The van der Waals surface area contributed by atoms with E-state index in [4.69, 9.17) is 0 Å². The molecule has 0 heterocycles. The van der Waals surface area contributed by atoms with Crippen LogP contribution in [0.1, 0.15) is 47.5 Å². The molecule has 0 nitrogen and oxygen atoms in total. The molecule has 0 aromatic heterocycles. The van der Waals surface area contributed by atoms with Crippen molar-refractivity contribution in [1.29, 1.82) is 0 Å². The first-order valence-corrected chi connectivity index (χ1v) is 5.12. The molecule has 0 aliphatic rings. The van der Waals surface area contributed by atoms with E-state index in [0.717, 1.165) is 11.8 Å². The maximum atomic E-state index is 4.15. The van der Waals surface area contributed by atoms with Crippen LogP contribution in [0, 0.1) is 17.8 Å². The van der Waals surface area contributed by atoms with Crippen molar-refractivity contribution >= 4 is 0 Å². The molecule has 0 saturated heterocycles. The van der Waals surface area contributed by atoms with Gasteiger partial charge in [0.05, 0.1) is 0 Å². The highest BCUT2D eigenvalue weighted by Crippen LogP contribution is 2.23. The van der Waals surface area contributed by atoms with Gasteiger partial charge in [-0.25, -0.2) is 0 Å².